The fourth-order valence-electron chi connectivity index (χ4n) is 4.93. The number of nitrogens with zero attached hydrogens (tertiary/aromatic N) is 3. The molecule has 0 spiro atoms. The van der Waals surface area contributed by atoms with Gasteiger partial charge >= 0.3 is 12.6 Å². The van der Waals surface area contributed by atoms with Crippen molar-refractivity contribution in [1.29, 1.82) is 0 Å². The maximum absolute atomic E-state index is 13.8. The molecule has 2 fully saturated rings. The van der Waals surface area contributed by atoms with Crippen LogP contribution >= 0.6 is 35.0 Å². The molecule has 1 saturated carbocycles. The van der Waals surface area contributed by atoms with E-state index < -0.39 is 40.0 Å². The second-order valence-corrected chi connectivity index (χ2v) is 15.2. The maximum atomic E-state index is 13.8. The largest absolute Gasteiger partial charge is 0.619 e. The lowest BCUT2D eigenvalue weighted by Gasteiger charge is -2.26. The van der Waals surface area contributed by atoms with E-state index in [0.717, 1.165) is 41.3 Å². The fraction of sp³-hybridized carbons (Fsp3) is 0.387. The highest BCUT2D eigenvalue weighted by atomic mass is 35.5. The van der Waals surface area contributed by atoms with Crippen molar-refractivity contribution in [2.75, 3.05) is 33.0 Å². The minimum absolute atomic E-state index is 0.00463. The molecule has 11 nitrogen and oxygen atoms in total. The summed E-state index contributed by atoms with van der Waals surface area (Å²) in [5.74, 6) is -0.985. The molecular formula is C31H31Cl2F2N3O8S2. The number of hydrogen-bond donors (Lipinski definition) is 0. The molecule has 1 aliphatic heterocycles. The summed E-state index contributed by atoms with van der Waals surface area (Å²) in [5.41, 5.74) is 0.693. The van der Waals surface area contributed by atoms with Crippen LogP contribution in [0, 0.1) is 11.1 Å². The molecule has 258 valence electrons. The lowest BCUT2D eigenvalue weighted by molar-refractivity contribution is -0.605. The van der Waals surface area contributed by atoms with Gasteiger partial charge in [-0.15, -0.1) is 11.8 Å². The average molecular weight is 747 g/mol. The van der Waals surface area contributed by atoms with Crippen molar-refractivity contribution in [3.05, 3.63) is 86.8 Å². The van der Waals surface area contributed by atoms with Crippen LogP contribution in [0.3, 0.4) is 0 Å². The Kier molecular flexibility index (Phi) is 11.2. The molecule has 1 aliphatic carbocycles. The van der Waals surface area contributed by atoms with Gasteiger partial charge in [-0.3, -0.25) is 4.79 Å². The first-order valence-electron chi connectivity index (χ1n) is 14.7. The molecule has 3 aromatic rings. The maximum Gasteiger partial charge on any atom is 0.387 e. The summed E-state index contributed by atoms with van der Waals surface area (Å²) in [7, 11) is -1.19. The number of amides is 1. The Morgan fingerprint density at radius 1 is 1.10 bits per heavy atom. The highest BCUT2D eigenvalue weighted by molar-refractivity contribution is 8.02. The number of carbonyl (C=O) groups is 2. The van der Waals surface area contributed by atoms with Crippen LogP contribution in [-0.4, -0.2) is 74.5 Å². The number of esters is 1. The molecule has 2 aliphatic rings. The number of thioether (sulfide) groups is 1. The standard InChI is InChI=1S/C31H31Cl2F2N3O8S2/c1-36(2)28(39)20-4-3-5-21(12-20)48(42,43)38-10-11-47-29(38)30(40)45-26(14-22-23(32)15-37(41)16-24(22)33)19-8-9-25(46-31(34)35)27(13-19)44-17-18-6-7-18/h3-5,8-9,12-13,15-16,18,26,29,31H,6-7,10-11,14,17H2,1-2H3/t26-,29+/m1/s1. The van der Waals surface area contributed by atoms with E-state index in [-0.39, 0.29) is 74.4 Å². The SMILES string of the molecule is CN(C)C(=O)c1cccc(S(=O)(=O)N2CCS[C@H]2C(=O)O[C@H](Cc2c(Cl)c[n+]([O-])cc2Cl)c2ccc(OC(F)F)c(OCC3CC3)c2)c1. The van der Waals surface area contributed by atoms with Crippen LogP contribution in [0.15, 0.2) is 59.8 Å². The predicted molar refractivity (Wildman–Crippen MR) is 174 cm³/mol. The van der Waals surface area contributed by atoms with E-state index in [1.165, 1.54) is 47.4 Å². The van der Waals surface area contributed by atoms with Gasteiger partial charge in [-0.05, 0) is 54.7 Å². The third-order valence-corrected chi connectivity index (χ3v) is 11.4. The van der Waals surface area contributed by atoms with Gasteiger partial charge in [0.25, 0.3) is 5.91 Å². The molecule has 0 radical (unpaired) electrons. The zero-order valence-electron chi connectivity index (χ0n) is 25.7. The third-order valence-electron chi connectivity index (χ3n) is 7.58. The van der Waals surface area contributed by atoms with Gasteiger partial charge < -0.3 is 24.3 Å². The molecule has 1 amide bonds. The van der Waals surface area contributed by atoms with E-state index in [1.807, 2.05) is 0 Å². The number of halogens is 4. The summed E-state index contributed by atoms with van der Waals surface area (Å²) in [6, 6.07) is 9.59. The van der Waals surface area contributed by atoms with Crippen LogP contribution < -0.4 is 14.2 Å². The van der Waals surface area contributed by atoms with E-state index in [0.29, 0.717) is 4.73 Å². The highest BCUT2D eigenvalue weighted by Gasteiger charge is 2.42. The van der Waals surface area contributed by atoms with E-state index in [1.54, 1.807) is 14.1 Å². The molecule has 0 unspecified atom stereocenters. The molecule has 2 heterocycles. The smallest absolute Gasteiger partial charge is 0.387 e. The number of rotatable bonds is 13. The average Bonchev–Trinajstić information content (AvgIpc) is 3.72. The zero-order valence-corrected chi connectivity index (χ0v) is 28.8. The predicted octanol–water partition coefficient (Wildman–Crippen LogP) is 5.31. The summed E-state index contributed by atoms with van der Waals surface area (Å²) in [6.07, 6.45) is 2.66. The first kappa shape index (κ1) is 35.9. The molecule has 2 aromatic carbocycles. The minimum atomic E-state index is -4.27. The number of carbonyl (C=O) groups excluding carboxylic acids is 2. The molecule has 48 heavy (non-hydrogen) atoms. The first-order chi connectivity index (χ1) is 22.7. The number of hydrogen-bond acceptors (Lipinski definition) is 9. The number of sulfonamides is 1. The van der Waals surface area contributed by atoms with Gasteiger partial charge in [0.15, 0.2) is 29.3 Å². The van der Waals surface area contributed by atoms with Crippen LogP contribution in [0.25, 0.3) is 0 Å². The van der Waals surface area contributed by atoms with E-state index >= 15 is 0 Å². The Bertz CT molecular complexity index is 1770. The normalized spacial score (nSPS) is 17.3. The first-order valence-corrected chi connectivity index (χ1v) is 17.9. The number of aromatic nitrogens is 1. The molecule has 1 aromatic heterocycles. The quantitative estimate of drug-likeness (QED) is 0.130. The molecule has 0 N–H and O–H groups in total. The second kappa shape index (κ2) is 15.0. The highest BCUT2D eigenvalue weighted by Crippen LogP contribution is 2.39. The monoisotopic (exact) mass is 745 g/mol. The Hall–Kier alpha value is -3.37. The Labute approximate surface area is 290 Å². The van der Waals surface area contributed by atoms with E-state index in [2.05, 4.69) is 4.74 Å². The summed E-state index contributed by atoms with van der Waals surface area (Å²) >= 11 is 13.7. The van der Waals surface area contributed by atoms with Crippen molar-refractivity contribution in [3.8, 4) is 11.5 Å². The van der Waals surface area contributed by atoms with Crippen LogP contribution in [-0.2, 0) is 26.0 Å². The van der Waals surface area contributed by atoms with Crippen LogP contribution in [0.2, 0.25) is 10.0 Å². The summed E-state index contributed by atoms with van der Waals surface area (Å²) in [5, 5.41) is 10.6. The molecule has 17 heteroatoms. The van der Waals surface area contributed by atoms with Crippen LogP contribution in [0.1, 0.15) is 40.4 Å². The molecular weight excluding hydrogens is 715 g/mol. The summed E-state index contributed by atoms with van der Waals surface area (Å²) in [4.78, 5) is 27.5. The number of pyridine rings is 1. The molecule has 1 saturated heterocycles. The third kappa shape index (κ3) is 8.43. The van der Waals surface area contributed by atoms with Crippen molar-refractivity contribution >= 4 is 56.9 Å². The Balaban J connectivity index is 1.47. The summed E-state index contributed by atoms with van der Waals surface area (Å²) < 4.78 is 71.8. The van der Waals surface area contributed by atoms with Crippen molar-refractivity contribution in [2.24, 2.45) is 5.92 Å². The fourth-order valence-corrected chi connectivity index (χ4v) is 8.62. The van der Waals surface area contributed by atoms with Gasteiger partial charge in [-0.1, -0.05) is 35.3 Å². The van der Waals surface area contributed by atoms with Crippen molar-refractivity contribution in [1.82, 2.24) is 9.21 Å². The lowest BCUT2D eigenvalue weighted by atomic mass is 10.0. The van der Waals surface area contributed by atoms with Gasteiger partial charge in [-0.2, -0.15) is 17.8 Å². The van der Waals surface area contributed by atoms with E-state index in [9.17, 15) is 32.0 Å². The van der Waals surface area contributed by atoms with Crippen LogP contribution in [0.5, 0.6) is 11.5 Å². The Morgan fingerprint density at radius 2 is 1.81 bits per heavy atom. The van der Waals surface area contributed by atoms with Gasteiger partial charge in [0, 0.05) is 43.9 Å². The number of alkyl halides is 2. The Morgan fingerprint density at radius 3 is 2.46 bits per heavy atom. The van der Waals surface area contributed by atoms with Gasteiger partial charge in [0.1, 0.15) is 16.1 Å². The number of ether oxygens (including phenoxy) is 3. The van der Waals surface area contributed by atoms with E-state index in [4.69, 9.17) is 32.7 Å². The number of benzene rings is 2. The van der Waals surface area contributed by atoms with Crippen molar-refractivity contribution < 1.29 is 45.7 Å². The van der Waals surface area contributed by atoms with Gasteiger partial charge in [-0.25, -0.2) is 13.2 Å². The van der Waals surface area contributed by atoms with Gasteiger partial charge in [0.2, 0.25) is 10.0 Å². The topological polar surface area (TPSA) is 129 Å². The lowest BCUT2D eigenvalue weighted by Crippen LogP contribution is -2.40. The minimum Gasteiger partial charge on any atom is -0.619 e. The van der Waals surface area contributed by atoms with Gasteiger partial charge in [0.05, 0.1) is 11.5 Å². The van der Waals surface area contributed by atoms with Crippen LogP contribution in [0.4, 0.5) is 8.78 Å². The second-order valence-electron chi connectivity index (χ2n) is 11.3. The zero-order chi connectivity index (χ0) is 34.7. The van der Waals surface area contributed by atoms with Crippen molar-refractivity contribution in [3.63, 3.8) is 0 Å². The van der Waals surface area contributed by atoms with Crippen molar-refractivity contribution in [2.45, 2.75) is 42.2 Å². The molecule has 5 rings (SSSR count). The summed E-state index contributed by atoms with van der Waals surface area (Å²) in [6.45, 7) is -2.87. The molecule has 0 bridgehead atoms. The molecule has 2 atom stereocenters.